The number of alkyl halides is 3. The number of aryl methyl sites for hydroxylation is 1. The van der Waals surface area contributed by atoms with Gasteiger partial charge in [0.05, 0.1) is 28.9 Å². The van der Waals surface area contributed by atoms with Crippen LogP contribution < -0.4 is 26.3 Å². The number of pyridine rings is 1. The van der Waals surface area contributed by atoms with Gasteiger partial charge in [0.15, 0.2) is 11.2 Å². The fourth-order valence-corrected chi connectivity index (χ4v) is 7.44. The topological polar surface area (TPSA) is 154 Å². The molecule has 3 amide bonds. The number of hydrogen-bond donors (Lipinski definition) is 4. The molecule has 0 radical (unpaired) electrons. The number of carbonyl (C=O) groups excluding carboxylic acids is 2. The van der Waals surface area contributed by atoms with Crippen LogP contribution in [0.3, 0.4) is 0 Å². The van der Waals surface area contributed by atoms with Crippen LogP contribution in [0.1, 0.15) is 45.5 Å². The first-order chi connectivity index (χ1) is 29.3. The molecule has 61 heavy (non-hydrogen) atoms. The first kappa shape index (κ1) is 40.3. The highest BCUT2D eigenvalue weighted by Crippen LogP contribution is 2.42. The van der Waals surface area contributed by atoms with Crippen molar-refractivity contribution in [2.45, 2.75) is 38.9 Å². The molecule has 0 saturated heterocycles. The lowest BCUT2D eigenvalue weighted by atomic mass is 9.89. The van der Waals surface area contributed by atoms with E-state index in [1.807, 2.05) is 25.1 Å². The van der Waals surface area contributed by atoms with Crippen molar-refractivity contribution in [3.05, 3.63) is 153 Å². The van der Waals surface area contributed by atoms with Crippen LogP contribution in [-0.4, -0.2) is 41.1 Å². The highest BCUT2D eigenvalue weighted by Gasteiger charge is 2.31. The van der Waals surface area contributed by atoms with Crippen molar-refractivity contribution in [3.8, 4) is 33.7 Å². The highest BCUT2D eigenvalue weighted by molar-refractivity contribution is 6.08. The second-order valence-electron chi connectivity index (χ2n) is 14.8. The quantitative estimate of drug-likeness (QED) is 0.111. The Morgan fingerprint density at radius 3 is 2.44 bits per heavy atom. The summed E-state index contributed by atoms with van der Waals surface area (Å²) in [5, 5.41) is 20.0. The van der Waals surface area contributed by atoms with Gasteiger partial charge in [0.25, 0.3) is 0 Å². The van der Waals surface area contributed by atoms with E-state index in [4.69, 9.17) is 4.42 Å². The van der Waals surface area contributed by atoms with E-state index in [-0.39, 0.29) is 41.1 Å². The van der Waals surface area contributed by atoms with Crippen molar-refractivity contribution in [1.29, 1.82) is 0 Å². The number of amides is 3. The number of hydrogen-bond acceptors (Lipinski definition) is 7. The van der Waals surface area contributed by atoms with Crippen LogP contribution in [0.15, 0.2) is 124 Å². The van der Waals surface area contributed by atoms with E-state index < -0.39 is 23.7 Å². The molecule has 5 aromatic rings. The summed E-state index contributed by atoms with van der Waals surface area (Å²) in [6, 6.07) is 29.5. The minimum atomic E-state index is -4.52. The van der Waals surface area contributed by atoms with E-state index in [9.17, 15) is 37.5 Å². The maximum Gasteiger partial charge on any atom is 0.416 e. The molecule has 0 fully saturated rings. The van der Waals surface area contributed by atoms with Gasteiger partial charge in [-0.2, -0.15) is 13.2 Å². The number of rotatable bonds is 8. The van der Waals surface area contributed by atoms with Gasteiger partial charge in [-0.1, -0.05) is 48.5 Å². The summed E-state index contributed by atoms with van der Waals surface area (Å²) in [5.41, 5.74) is 4.84. The molecule has 0 saturated carbocycles. The molecule has 4 N–H and O–H groups in total. The summed E-state index contributed by atoms with van der Waals surface area (Å²) in [5.74, 6) is -0.889. The molecule has 1 aromatic heterocycles. The lowest BCUT2D eigenvalue weighted by Gasteiger charge is -2.27. The average molecular weight is 826 g/mol. The summed E-state index contributed by atoms with van der Waals surface area (Å²) >= 11 is 0. The van der Waals surface area contributed by atoms with Gasteiger partial charge in [0.2, 0.25) is 5.91 Å². The SMILES string of the molecule is Cc1ccc2c(-c3ccc(CC(=O)NCc4ccc(NC(=O)N5CCCCNc6ccc(-c7cccc(C(F)(F)F)c7)nc65)cc4)cc3C(=O)O)c3ccc(=O)cc-3oc2c1. The Kier molecular flexibility index (Phi) is 11.0. The van der Waals surface area contributed by atoms with Crippen LogP contribution in [0.25, 0.3) is 44.7 Å². The van der Waals surface area contributed by atoms with Gasteiger partial charge in [0, 0.05) is 53.5 Å². The maximum atomic E-state index is 13.7. The number of fused-ring (bicyclic) bond motifs is 3. The molecule has 14 heteroatoms. The number of nitrogens with one attached hydrogen (secondary N) is 3. The summed E-state index contributed by atoms with van der Waals surface area (Å²) in [6.45, 7) is 3.05. The number of aromatic nitrogens is 1. The van der Waals surface area contributed by atoms with Crippen LogP contribution in [-0.2, 0) is 23.9 Å². The Balaban J connectivity index is 0.944. The number of anilines is 3. The molecule has 308 valence electrons. The molecule has 0 spiro atoms. The molecule has 11 nitrogen and oxygen atoms in total. The molecule has 3 aliphatic rings. The Labute approximate surface area is 347 Å². The number of halogens is 3. The van der Waals surface area contributed by atoms with E-state index in [1.54, 1.807) is 60.7 Å². The van der Waals surface area contributed by atoms with E-state index in [1.165, 1.54) is 29.2 Å². The van der Waals surface area contributed by atoms with Gasteiger partial charge in [0.1, 0.15) is 11.3 Å². The van der Waals surface area contributed by atoms with Crippen molar-refractivity contribution in [2.24, 2.45) is 0 Å². The fraction of sp³-hybridized carbons (Fsp3) is 0.170. The zero-order valence-corrected chi connectivity index (χ0v) is 32.7. The molecule has 3 heterocycles. The lowest BCUT2D eigenvalue weighted by molar-refractivity contribution is -0.137. The minimum Gasteiger partial charge on any atom is -0.478 e. The molecule has 0 unspecified atom stereocenters. The van der Waals surface area contributed by atoms with Crippen molar-refractivity contribution >= 4 is 46.1 Å². The number of carbonyl (C=O) groups is 3. The van der Waals surface area contributed by atoms with Gasteiger partial charge in [-0.15, -0.1) is 0 Å². The van der Waals surface area contributed by atoms with Gasteiger partial charge in [-0.05, 0) is 103 Å². The first-order valence-corrected chi connectivity index (χ1v) is 19.5. The second kappa shape index (κ2) is 16.6. The van der Waals surface area contributed by atoms with Gasteiger partial charge < -0.3 is 25.5 Å². The van der Waals surface area contributed by atoms with Crippen LogP contribution in [0.4, 0.5) is 35.2 Å². The van der Waals surface area contributed by atoms with Crippen LogP contribution in [0.5, 0.6) is 0 Å². The second-order valence-corrected chi connectivity index (χ2v) is 14.8. The highest BCUT2D eigenvalue weighted by atomic mass is 19.4. The summed E-state index contributed by atoms with van der Waals surface area (Å²) in [7, 11) is 0. The van der Waals surface area contributed by atoms with Gasteiger partial charge in [-0.3, -0.25) is 14.5 Å². The largest absolute Gasteiger partial charge is 0.478 e. The molecular formula is C47H38F3N5O6. The molecule has 8 rings (SSSR count). The summed E-state index contributed by atoms with van der Waals surface area (Å²) in [4.78, 5) is 57.8. The Morgan fingerprint density at radius 1 is 0.869 bits per heavy atom. The third-order valence-electron chi connectivity index (χ3n) is 10.5. The molecule has 0 atom stereocenters. The summed E-state index contributed by atoms with van der Waals surface area (Å²) < 4.78 is 46.4. The Hall–Kier alpha value is -7.48. The number of carboxylic acid groups (broad SMARTS) is 1. The van der Waals surface area contributed by atoms with Gasteiger partial charge in [-0.25, -0.2) is 14.6 Å². The van der Waals surface area contributed by atoms with Crippen molar-refractivity contribution in [2.75, 3.05) is 28.6 Å². The van der Waals surface area contributed by atoms with Crippen LogP contribution in [0.2, 0.25) is 0 Å². The van der Waals surface area contributed by atoms with Crippen molar-refractivity contribution in [3.63, 3.8) is 0 Å². The van der Waals surface area contributed by atoms with E-state index >= 15 is 0 Å². The third-order valence-corrected chi connectivity index (χ3v) is 10.5. The predicted octanol–water partition coefficient (Wildman–Crippen LogP) is 9.76. The number of benzene rings is 5. The molecule has 0 bridgehead atoms. The van der Waals surface area contributed by atoms with E-state index in [0.717, 1.165) is 29.7 Å². The Morgan fingerprint density at radius 2 is 1.66 bits per heavy atom. The van der Waals surface area contributed by atoms with E-state index in [0.29, 0.717) is 75.7 Å². The maximum absolute atomic E-state index is 13.7. The normalized spacial score (nSPS) is 12.9. The number of carboxylic acids is 1. The minimum absolute atomic E-state index is 0.00839. The summed E-state index contributed by atoms with van der Waals surface area (Å²) in [6.07, 6.45) is -3.16. The zero-order chi connectivity index (χ0) is 42.8. The molecule has 4 aromatic carbocycles. The van der Waals surface area contributed by atoms with Crippen molar-refractivity contribution in [1.82, 2.24) is 10.3 Å². The molecule has 2 aliphatic heterocycles. The number of nitrogens with zero attached hydrogens (tertiary/aromatic N) is 2. The van der Waals surface area contributed by atoms with Gasteiger partial charge >= 0.3 is 18.2 Å². The zero-order valence-electron chi connectivity index (χ0n) is 32.7. The Bertz CT molecular complexity index is 2860. The first-order valence-electron chi connectivity index (χ1n) is 19.5. The molecule has 1 aliphatic carbocycles. The molecular weight excluding hydrogens is 788 g/mol. The average Bonchev–Trinajstić information content (AvgIpc) is 3.22. The fourth-order valence-electron chi connectivity index (χ4n) is 7.44. The monoisotopic (exact) mass is 825 g/mol. The van der Waals surface area contributed by atoms with Crippen LogP contribution in [0, 0.1) is 6.92 Å². The standard InChI is InChI=1S/C47H38F3N5O6/c1-27-7-14-35-40(21-27)61-41-25-33(56)13-16-36(41)43(35)34-15-10-29(22-37(34)45(58)59)23-42(57)52-26-28-8-11-32(12-9-28)53-46(60)55-20-3-2-19-51-39-18-17-38(54-44(39)55)30-5-4-6-31(24-30)47(48,49)50/h4-18,21-22,24-25,51H,2-3,19-20,23,26H2,1H3,(H,52,57)(H,53,60)(H,58,59). The third kappa shape index (κ3) is 8.79. The number of urea groups is 1. The lowest BCUT2D eigenvalue weighted by Crippen LogP contribution is -2.38. The van der Waals surface area contributed by atoms with E-state index in [2.05, 4.69) is 20.9 Å². The number of aromatic carboxylic acids is 1. The van der Waals surface area contributed by atoms with Crippen molar-refractivity contribution < 1.29 is 37.1 Å². The van der Waals surface area contributed by atoms with Crippen LogP contribution >= 0.6 is 0 Å². The predicted molar refractivity (Wildman–Crippen MR) is 227 cm³/mol. The smallest absolute Gasteiger partial charge is 0.416 e.